The Bertz CT molecular complexity index is 1320. The number of aromatic hydroxyl groups is 7. The van der Waals surface area contributed by atoms with Gasteiger partial charge in [-0.25, -0.2) is 4.79 Å². The van der Waals surface area contributed by atoms with E-state index >= 15 is 0 Å². The molecule has 0 saturated heterocycles. The number of carbonyl (C=O) groups is 2. The highest BCUT2D eigenvalue weighted by molar-refractivity contribution is 6.05. The number of phenols is 7. The predicted octanol–water partition coefficient (Wildman–Crippen LogP) is 1.52. The lowest BCUT2D eigenvalue weighted by Crippen LogP contribution is -2.36. The highest BCUT2D eigenvalue weighted by Gasteiger charge is 2.40. The van der Waals surface area contributed by atoms with Gasteiger partial charge in [0.2, 0.25) is 11.5 Å². The minimum absolute atomic E-state index is 0.135. The molecule has 1 heterocycles. The molecule has 1 aliphatic rings. The van der Waals surface area contributed by atoms with Gasteiger partial charge in [-0.05, 0) is 24.3 Å². The standard InChI is InChI=1S/C22H16O12/c23-9-5-10(24)16-14(6-9)33-21(20(31)19(16)30)7-1-13(27)18(29)15(4-7)34-22(32)8-2-11(25)17(28)12(26)3-8/h1-6,20-21,23-29,31H. The number of aliphatic hydroxyl groups excluding tert-OH is 1. The third-order valence-corrected chi connectivity index (χ3v) is 5.04. The average molecular weight is 472 g/mol. The zero-order valence-electron chi connectivity index (χ0n) is 16.8. The van der Waals surface area contributed by atoms with Crippen molar-refractivity contribution in [1.29, 1.82) is 0 Å². The monoisotopic (exact) mass is 472 g/mol. The van der Waals surface area contributed by atoms with E-state index in [1.807, 2.05) is 0 Å². The first-order valence-electron chi connectivity index (χ1n) is 9.45. The van der Waals surface area contributed by atoms with Gasteiger partial charge in [0.25, 0.3) is 0 Å². The van der Waals surface area contributed by atoms with Crippen molar-refractivity contribution >= 4 is 11.8 Å². The summed E-state index contributed by atoms with van der Waals surface area (Å²) >= 11 is 0. The minimum Gasteiger partial charge on any atom is -0.508 e. The van der Waals surface area contributed by atoms with Crippen LogP contribution in [-0.2, 0) is 0 Å². The Balaban J connectivity index is 1.71. The maximum absolute atomic E-state index is 12.6. The van der Waals surface area contributed by atoms with Crippen LogP contribution in [0.25, 0.3) is 0 Å². The number of esters is 1. The van der Waals surface area contributed by atoms with E-state index in [9.17, 15) is 50.4 Å². The van der Waals surface area contributed by atoms with Gasteiger partial charge in [0, 0.05) is 17.7 Å². The van der Waals surface area contributed by atoms with Gasteiger partial charge in [-0.15, -0.1) is 0 Å². The number of rotatable bonds is 3. The molecular formula is C22H16O12. The lowest BCUT2D eigenvalue weighted by Gasteiger charge is -2.30. The van der Waals surface area contributed by atoms with Crippen LogP contribution in [0.2, 0.25) is 0 Å². The summed E-state index contributed by atoms with van der Waals surface area (Å²) in [6.45, 7) is 0. The number of hydrogen-bond donors (Lipinski definition) is 8. The van der Waals surface area contributed by atoms with E-state index in [4.69, 9.17) is 9.47 Å². The van der Waals surface area contributed by atoms with Crippen molar-refractivity contribution in [2.45, 2.75) is 12.2 Å². The number of phenolic OH excluding ortho intramolecular Hbond substituents is 7. The summed E-state index contributed by atoms with van der Waals surface area (Å²) in [5.74, 6) is -8.36. The SMILES string of the molecule is O=C(Oc1cc(C2Oc3cc(O)cc(O)c3C(=O)C2O)cc(O)c1O)c1cc(O)c(O)c(O)c1. The number of ketones is 1. The number of ether oxygens (including phenoxy) is 2. The summed E-state index contributed by atoms with van der Waals surface area (Å²) in [4.78, 5) is 25.0. The summed E-state index contributed by atoms with van der Waals surface area (Å²) in [6, 6.07) is 5.37. The van der Waals surface area contributed by atoms with Crippen molar-refractivity contribution in [2.24, 2.45) is 0 Å². The fourth-order valence-electron chi connectivity index (χ4n) is 3.40. The normalized spacial score (nSPS) is 17.0. The van der Waals surface area contributed by atoms with Crippen LogP contribution in [0.4, 0.5) is 0 Å². The fourth-order valence-corrected chi connectivity index (χ4v) is 3.40. The quantitative estimate of drug-likeness (QED) is 0.155. The largest absolute Gasteiger partial charge is 0.508 e. The van der Waals surface area contributed by atoms with Crippen molar-refractivity contribution in [3.63, 3.8) is 0 Å². The highest BCUT2D eigenvalue weighted by atomic mass is 16.5. The molecule has 8 N–H and O–H groups in total. The van der Waals surface area contributed by atoms with Gasteiger partial charge in [0.15, 0.2) is 41.0 Å². The molecule has 0 amide bonds. The van der Waals surface area contributed by atoms with Gasteiger partial charge in [-0.2, -0.15) is 0 Å². The van der Waals surface area contributed by atoms with Crippen LogP contribution >= 0.6 is 0 Å². The summed E-state index contributed by atoms with van der Waals surface area (Å²) < 4.78 is 10.5. The minimum atomic E-state index is -1.89. The summed E-state index contributed by atoms with van der Waals surface area (Å²) in [6.07, 6.45) is -3.40. The van der Waals surface area contributed by atoms with Crippen LogP contribution < -0.4 is 9.47 Å². The lowest BCUT2D eigenvalue weighted by atomic mass is 9.92. The van der Waals surface area contributed by atoms with Crippen molar-refractivity contribution in [1.82, 2.24) is 0 Å². The van der Waals surface area contributed by atoms with Gasteiger partial charge >= 0.3 is 5.97 Å². The molecule has 0 aromatic heterocycles. The number of fused-ring (bicyclic) bond motifs is 1. The molecule has 0 bridgehead atoms. The van der Waals surface area contributed by atoms with Gasteiger partial charge in [0.05, 0.1) is 5.56 Å². The Morgan fingerprint density at radius 2 is 1.41 bits per heavy atom. The molecule has 1 aliphatic heterocycles. The third-order valence-electron chi connectivity index (χ3n) is 5.04. The van der Waals surface area contributed by atoms with E-state index in [0.29, 0.717) is 0 Å². The Labute approximate surface area is 189 Å². The molecule has 0 saturated carbocycles. The van der Waals surface area contributed by atoms with Gasteiger partial charge in [0.1, 0.15) is 22.8 Å². The van der Waals surface area contributed by atoms with Crippen LogP contribution in [0.5, 0.6) is 51.7 Å². The van der Waals surface area contributed by atoms with E-state index in [-0.39, 0.29) is 16.9 Å². The number of aliphatic hydroxyl groups is 1. The van der Waals surface area contributed by atoms with Gasteiger partial charge < -0.3 is 50.3 Å². The van der Waals surface area contributed by atoms with Crippen molar-refractivity contribution < 1.29 is 59.9 Å². The molecule has 34 heavy (non-hydrogen) atoms. The zero-order chi connectivity index (χ0) is 24.9. The van der Waals surface area contributed by atoms with Crippen LogP contribution in [0.3, 0.4) is 0 Å². The second kappa shape index (κ2) is 7.94. The number of Topliss-reactive ketones (excluding diaryl/α,β-unsaturated/α-hetero) is 1. The van der Waals surface area contributed by atoms with E-state index in [0.717, 1.165) is 36.4 Å². The second-order valence-corrected chi connectivity index (χ2v) is 7.32. The van der Waals surface area contributed by atoms with E-state index < -0.39 is 75.5 Å². The molecule has 176 valence electrons. The maximum atomic E-state index is 12.6. The third kappa shape index (κ3) is 3.67. The molecule has 0 radical (unpaired) electrons. The number of hydrogen-bond acceptors (Lipinski definition) is 12. The van der Waals surface area contributed by atoms with Crippen molar-refractivity contribution in [2.75, 3.05) is 0 Å². The van der Waals surface area contributed by atoms with Gasteiger partial charge in [-0.3, -0.25) is 4.79 Å². The first-order chi connectivity index (χ1) is 16.0. The zero-order valence-corrected chi connectivity index (χ0v) is 16.8. The van der Waals surface area contributed by atoms with Crippen LogP contribution in [0.1, 0.15) is 32.4 Å². The molecule has 2 unspecified atom stereocenters. The maximum Gasteiger partial charge on any atom is 0.343 e. The number of carbonyl (C=O) groups excluding carboxylic acids is 2. The summed E-state index contributed by atoms with van der Waals surface area (Å²) in [5, 5.41) is 78.8. The Morgan fingerprint density at radius 1 is 0.794 bits per heavy atom. The Hall–Kier alpha value is -4.84. The first kappa shape index (κ1) is 22.4. The molecule has 12 nitrogen and oxygen atoms in total. The lowest BCUT2D eigenvalue weighted by molar-refractivity contribution is 0.0208. The van der Waals surface area contributed by atoms with E-state index in [1.165, 1.54) is 0 Å². The van der Waals surface area contributed by atoms with Crippen LogP contribution in [-0.4, -0.2) is 58.7 Å². The Morgan fingerprint density at radius 3 is 2.06 bits per heavy atom. The molecule has 0 fully saturated rings. The molecule has 2 atom stereocenters. The second-order valence-electron chi connectivity index (χ2n) is 7.32. The predicted molar refractivity (Wildman–Crippen MR) is 110 cm³/mol. The molecule has 3 aromatic carbocycles. The first-order valence-corrected chi connectivity index (χ1v) is 9.45. The van der Waals surface area contributed by atoms with E-state index in [2.05, 4.69) is 0 Å². The molecule has 0 aliphatic carbocycles. The summed E-state index contributed by atoms with van der Waals surface area (Å²) in [7, 11) is 0. The van der Waals surface area contributed by atoms with E-state index in [1.54, 1.807) is 0 Å². The number of benzene rings is 3. The van der Waals surface area contributed by atoms with Gasteiger partial charge in [-0.1, -0.05) is 0 Å². The average Bonchev–Trinajstić information content (AvgIpc) is 2.76. The van der Waals surface area contributed by atoms with Crippen molar-refractivity contribution in [3.8, 4) is 51.7 Å². The molecule has 0 spiro atoms. The molecular weight excluding hydrogens is 456 g/mol. The highest BCUT2D eigenvalue weighted by Crippen LogP contribution is 2.45. The van der Waals surface area contributed by atoms with Crippen molar-refractivity contribution in [3.05, 3.63) is 53.1 Å². The summed E-state index contributed by atoms with van der Waals surface area (Å²) in [5.41, 5.74) is -0.937. The van der Waals surface area contributed by atoms with Crippen LogP contribution in [0.15, 0.2) is 36.4 Å². The molecule has 3 aromatic rings. The van der Waals surface area contributed by atoms with Crippen LogP contribution in [0, 0.1) is 0 Å². The molecule has 4 rings (SSSR count). The smallest absolute Gasteiger partial charge is 0.343 e. The molecule has 12 heteroatoms. The Kier molecular flexibility index (Phi) is 5.22. The topological polar surface area (TPSA) is 214 Å². The fraction of sp³-hybridized carbons (Fsp3) is 0.0909.